The number of carboxylic acid groups (broad SMARTS) is 1. The molecule has 0 bridgehead atoms. The summed E-state index contributed by atoms with van der Waals surface area (Å²) in [5.41, 5.74) is -0.646. The second kappa shape index (κ2) is 5.67. The summed E-state index contributed by atoms with van der Waals surface area (Å²) in [6.07, 6.45) is 4.80. The van der Waals surface area contributed by atoms with Crippen molar-refractivity contribution >= 4 is 5.97 Å². The standard InChI is InChI=1S/C13H25NO2/c1-10(2)6-8-14-13(12(15)16)7-4-5-11(3)9-13/h10-11,14H,4-9H2,1-3H3,(H,15,16). The molecule has 3 heteroatoms. The van der Waals surface area contributed by atoms with Crippen LogP contribution in [-0.2, 0) is 4.79 Å². The molecule has 0 heterocycles. The van der Waals surface area contributed by atoms with Crippen molar-refractivity contribution in [2.75, 3.05) is 6.54 Å². The Balaban J connectivity index is 2.55. The minimum absolute atomic E-state index is 0.524. The van der Waals surface area contributed by atoms with Crippen molar-refractivity contribution in [2.24, 2.45) is 11.8 Å². The van der Waals surface area contributed by atoms with Gasteiger partial charge in [0.2, 0.25) is 0 Å². The van der Waals surface area contributed by atoms with Crippen molar-refractivity contribution in [3.8, 4) is 0 Å². The lowest BCUT2D eigenvalue weighted by molar-refractivity contribution is -0.147. The lowest BCUT2D eigenvalue weighted by atomic mass is 9.76. The van der Waals surface area contributed by atoms with Crippen LogP contribution in [0.5, 0.6) is 0 Å². The predicted molar refractivity (Wildman–Crippen MR) is 65.5 cm³/mol. The van der Waals surface area contributed by atoms with Crippen LogP contribution in [0.3, 0.4) is 0 Å². The SMILES string of the molecule is CC(C)CCNC1(C(=O)O)CCCC(C)C1. The number of aliphatic carboxylic acids is 1. The number of hydrogen-bond acceptors (Lipinski definition) is 2. The van der Waals surface area contributed by atoms with E-state index in [0.717, 1.165) is 32.2 Å². The smallest absolute Gasteiger partial charge is 0.323 e. The van der Waals surface area contributed by atoms with Gasteiger partial charge in [-0.2, -0.15) is 0 Å². The molecule has 1 rings (SSSR count). The Hall–Kier alpha value is -0.570. The lowest BCUT2D eigenvalue weighted by Crippen LogP contribution is -2.55. The Morgan fingerprint density at radius 1 is 1.56 bits per heavy atom. The van der Waals surface area contributed by atoms with Gasteiger partial charge in [0.05, 0.1) is 0 Å². The highest BCUT2D eigenvalue weighted by Crippen LogP contribution is 2.32. The highest BCUT2D eigenvalue weighted by Gasteiger charge is 2.41. The molecule has 16 heavy (non-hydrogen) atoms. The zero-order valence-corrected chi connectivity index (χ0v) is 10.8. The van der Waals surface area contributed by atoms with Gasteiger partial charge in [0, 0.05) is 0 Å². The molecular weight excluding hydrogens is 202 g/mol. The first-order valence-electron chi connectivity index (χ1n) is 6.45. The van der Waals surface area contributed by atoms with Gasteiger partial charge in [0.15, 0.2) is 0 Å². The van der Waals surface area contributed by atoms with Crippen LogP contribution in [0.1, 0.15) is 52.9 Å². The minimum atomic E-state index is -0.664. The highest BCUT2D eigenvalue weighted by molar-refractivity contribution is 5.79. The van der Waals surface area contributed by atoms with E-state index in [1.54, 1.807) is 0 Å². The molecule has 2 unspecified atom stereocenters. The van der Waals surface area contributed by atoms with Gasteiger partial charge in [-0.05, 0) is 37.6 Å². The summed E-state index contributed by atoms with van der Waals surface area (Å²) in [5.74, 6) is 0.485. The van der Waals surface area contributed by atoms with Crippen molar-refractivity contribution in [2.45, 2.75) is 58.4 Å². The summed E-state index contributed by atoms with van der Waals surface area (Å²) in [6, 6.07) is 0. The molecule has 1 saturated carbocycles. The summed E-state index contributed by atoms with van der Waals surface area (Å²) < 4.78 is 0. The number of carbonyl (C=O) groups is 1. The highest BCUT2D eigenvalue weighted by atomic mass is 16.4. The Kier molecular flexibility index (Phi) is 4.78. The van der Waals surface area contributed by atoms with E-state index >= 15 is 0 Å². The molecule has 0 radical (unpaired) electrons. The van der Waals surface area contributed by atoms with Crippen LogP contribution >= 0.6 is 0 Å². The number of nitrogens with one attached hydrogen (secondary N) is 1. The molecule has 0 aromatic carbocycles. The van der Waals surface area contributed by atoms with Crippen LogP contribution in [0.15, 0.2) is 0 Å². The summed E-state index contributed by atoms with van der Waals surface area (Å²) >= 11 is 0. The average molecular weight is 227 g/mol. The minimum Gasteiger partial charge on any atom is -0.480 e. The molecule has 2 N–H and O–H groups in total. The van der Waals surface area contributed by atoms with Gasteiger partial charge < -0.3 is 10.4 Å². The molecule has 3 nitrogen and oxygen atoms in total. The number of hydrogen-bond donors (Lipinski definition) is 2. The molecule has 1 aliphatic carbocycles. The Labute approximate surface area is 98.6 Å². The lowest BCUT2D eigenvalue weighted by Gasteiger charge is -2.37. The van der Waals surface area contributed by atoms with Crippen molar-refractivity contribution in [3.63, 3.8) is 0 Å². The molecule has 0 aromatic heterocycles. The van der Waals surface area contributed by atoms with E-state index in [-0.39, 0.29) is 0 Å². The molecule has 1 fully saturated rings. The quantitative estimate of drug-likeness (QED) is 0.759. The molecule has 0 spiro atoms. The van der Waals surface area contributed by atoms with Crippen LogP contribution < -0.4 is 5.32 Å². The van der Waals surface area contributed by atoms with E-state index in [9.17, 15) is 9.90 Å². The van der Waals surface area contributed by atoms with Gasteiger partial charge in [0.1, 0.15) is 5.54 Å². The molecule has 2 atom stereocenters. The molecule has 0 aromatic rings. The Morgan fingerprint density at radius 2 is 2.25 bits per heavy atom. The van der Waals surface area contributed by atoms with Crippen molar-refractivity contribution in [1.29, 1.82) is 0 Å². The van der Waals surface area contributed by atoms with Gasteiger partial charge in [-0.3, -0.25) is 4.79 Å². The fraction of sp³-hybridized carbons (Fsp3) is 0.923. The molecule has 0 aliphatic heterocycles. The van der Waals surface area contributed by atoms with Crippen LogP contribution in [0.4, 0.5) is 0 Å². The van der Waals surface area contributed by atoms with E-state index in [1.165, 1.54) is 6.42 Å². The third-order valence-electron chi connectivity index (χ3n) is 3.59. The zero-order valence-electron chi connectivity index (χ0n) is 10.8. The van der Waals surface area contributed by atoms with Crippen LogP contribution in [0.2, 0.25) is 0 Å². The maximum atomic E-state index is 11.4. The molecule has 1 aliphatic rings. The number of rotatable bonds is 5. The summed E-state index contributed by atoms with van der Waals surface area (Å²) in [7, 11) is 0. The van der Waals surface area contributed by atoms with Gasteiger partial charge in [-0.25, -0.2) is 0 Å². The van der Waals surface area contributed by atoms with Gasteiger partial charge >= 0.3 is 5.97 Å². The molecule has 0 amide bonds. The monoisotopic (exact) mass is 227 g/mol. The molecule has 94 valence electrons. The molecule has 0 saturated heterocycles. The second-order valence-electron chi connectivity index (χ2n) is 5.70. The number of carboxylic acids is 1. The van der Waals surface area contributed by atoms with E-state index < -0.39 is 11.5 Å². The first-order chi connectivity index (χ1) is 7.46. The van der Waals surface area contributed by atoms with E-state index in [1.807, 2.05) is 0 Å². The van der Waals surface area contributed by atoms with Crippen molar-refractivity contribution in [3.05, 3.63) is 0 Å². The summed E-state index contributed by atoms with van der Waals surface area (Å²) in [5, 5.41) is 12.7. The van der Waals surface area contributed by atoms with Crippen molar-refractivity contribution < 1.29 is 9.90 Å². The fourth-order valence-electron chi connectivity index (χ4n) is 2.58. The average Bonchev–Trinajstić information content (AvgIpc) is 2.16. The van der Waals surface area contributed by atoms with Crippen LogP contribution in [0, 0.1) is 11.8 Å². The first-order valence-corrected chi connectivity index (χ1v) is 6.45. The zero-order chi connectivity index (χ0) is 12.2. The first kappa shape index (κ1) is 13.5. The maximum absolute atomic E-state index is 11.4. The normalized spacial score (nSPS) is 30.6. The third kappa shape index (κ3) is 3.48. The molecular formula is C13H25NO2. The summed E-state index contributed by atoms with van der Waals surface area (Å²) in [6.45, 7) is 7.30. The Bertz CT molecular complexity index is 240. The third-order valence-corrected chi connectivity index (χ3v) is 3.59. The van der Waals surface area contributed by atoms with Crippen LogP contribution in [-0.4, -0.2) is 23.2 Å². The van der Waals surface area contributed by atoms with Crippen molar-refractivity contribution in [1.82, 2.24) is 5.32 Å². The Morgan fingerprint density at radius 3 is 2.75 bits per heavy atom. The van der Waals surface area contributed by atoms with E-state index in [2.05, 4.69) is 26.1 Å². The van der Waals surface area contributed by atoms with Crippen LogP contribution in [0.25, 0.3) is 0 Å². The van der Waals surface area contributed by atoms with Gasteiger partial charge in [-0.1, -0.05) is 33.6 Å². The maximum Gasteiger partial charge on any atom is 0.323 e. The van der Waals surface area contributed by atoms with E-state index in [4.69, 9.17) is 0 Å². The second-order valence-corrected chi connectivity index (χ2v) is 5.70. The summed E-state index contributed by atoms with van der Waals surface area (Å²) in [4.78, 5) is 11.4. The van der Waals surface area contributed by atoms with E-state index in [0.29, 0.717) is 11.8 Å². The van der Waals surface area contributed by atoms with Gasteiger partial charge in [-0.15, -0.1) is 0 Å². The largest absolute Gasteiger partial charge is 0.480 e. The topological polar surface area (TPSA) is 49.3 Å². The fourth-order valence-corrected chi connectivity index (χ4v) is 2.58. The predicted octanol–water partition coefficient (Wildman–Crippen LogP) is 2.66. The van der Waals surface area contributed by atoms with Gasteiger partial charge in [0.25, 0.3) is 0 Å².